The monoisotopic (exact) mass is 332 g/mol. The number of fused-ring (bicyclic) bond motifs is 2. The minimum Gasteiger partial charge on any atom is -0.423 e. The summed E-state index contributed by atoms with van der Waals surface area (Å²) in [6, 6.07) is 15.3. The van der Waals surface area contributed by atoms with Crippen molar-refractivity contribution in [3.8, 4) is 0 Å². The molecule has 0 aliphatic carbocycles. The van der Waals surface area contributed by atoms with E-state index in [1.807, 2.05) is 48.5 Å². The number of aryl methyl sites for hydroxylation is 2. The van der Waals surface area contributed by atoms with Crippen LogP contribution in [0.5, 0.6) is 0 Å². The lowest BCUT2D eigenvalue weighted by atomic mass is 10.0. The first-order valence-electron chi connectivity index (χ1n) is 8.06. The number of rotatable bonds is 2. The molecule has 0 spiro atoms. The Hall–Kier alpha value is -3.14. The van der Waals surface area contributed by atoms with E-state index in [1.54, 1.807) is 13.8 Å². The molecule has 0 atom stereocenters. The lowest BCUT2D eigenvalue weighted by Crippen LogP contribution is -2.02. The molecule has 0 aliphatic rings. The van der Waals surface area contributed by atoms with E-state index in [2.05, 4.69) is 0 Å². The van der Waals surface area contributed by atoms with E-state index < -0.39 is 0 Å². The molecule has 4 aromatic rings. The Morgan fingerprint density at radius 1 is 0.680 bits per heavy atom. The molecule has 0 unspecified atom stereocenters. The summed E-state index contributed by atoms with van der Waals surface area (Å²) < 4.78 is 10.6. The minimum absolute atomic E-state index is 0.299. The molecule has 4 nitrogen and oxygen atoms in total. The van der Waals surface area contributed by atoms with E-state index >= 15 is 0 Å². The Bertz CT molecular complexity index is 1130. The highest BCUT2D eigenvalue weighted by Crippen LogP contribution is 2.21. The predicted molar refractivity (Wildman–Crippen MR) is 97.2 cm³/mol. The van der Waals surface area contributed by atoms with Gasteiger partial charge in [-0.05, 0) is 67.8 Å². The van der Waals surface area contributed by atoms with E-state index in [0.29, 0.717) is 22.3 Å². The van der Waals surface area contributed by atoms with E-state index in [1.165, 1.54) is 0 Å². The second-order valence-corrected chi connectivity index (χ2v) is 6.35. The maximum Gasteiger partial charge on any atom is 0.339 e. The van der Waals surface area contributed by atoms with E-state index in [0.717, 1.165) is 28.3 Å². The molecule has 0 aliphatic heterocycles. The highest BCUT2D eigenvalue weighted by atomic mass is 16.4. The average molecular weight is 332 g/mol. The molecule has 0 saturated carbocycles. The van der Waals surface area contributed by atoms with Crippen LogP contribution in [0.2, 0.25) is 0 Å². The summed E-state index contributed by atoms with van der Waals surface area (Å²) in [5.41, 5.74) is 4.02. The van der Waals surface area contributed by atoms with Crippen molar-refractivity contribution < 1.29 is 8.83 Å². The standard InChI is InChI=1S/C21H16O4/c1-12-7-16-10-14(3-5-18(16)24-20(12)22)9-15-4-6-19-17(11-15)8-13(2)21(23)25-19/h3-8,10-11H,9H2,1-2H3. The van der Waals surface area contributed by atoms with Crippen molar-refractivity contribution in [2.75, 3.05) is 0 Å². The molecule has 0 bridgehead atoms. The van der Waals surface area contributed by atoms with Gasteiger partial charge in [0, 0.05) is 21.9 Å². The third kappa shape index (κ3) is 2.87. The van der Waals surface area contributed by atoms with Gasteiger partial charge in [-0.3, -0.25) is 0 Å². The molecule has 0 saturated heterocycles. The Morgan fingerprint density at radius 3 is 1.56 bits per heavy atom. The van der Waals surface area contributed by atoms with Gasteiger partial charge in [0.15, 0.2) is 0 Å². The van der Waals surface area contributed by atoms with Crippen LogP contribution in [0.15, 0.2) is 67.0 Å². The average Bonchev–Trinajstić information content (AvgIpc) is 2.57. The zero-order valence-electron chi connectivity index (χ0n) is 14.0. The van der Waals surface area contributed by atoms with Crippen molar-refractivity contribution in [2.45, 2.75) is 20.3 Å². The smallest absolute Gasteiger partial charge is 0.339 e. The molecule has 0 amide bonds. The second-order valence-electron chi connectivity index (χ2n) is 6.35. The fraction of sp³-hybridized carbons (Fsp3) is 0.143. The van der Waals surface area contributed by atoms with E-state index in [9.17, 15) is 9.59 Å². The summed E-state index contributed by atoms with van der Waals surface area (Å²) in [6.07, 6.45) is 0.738. The molecular formula is C21H16O4. The largest absolute Gasteiger partial charge is 0.423 e. The van der Waals surface area contributed by atoms with Crippen molar-refractivity contribution in [3.63, 3.8) is 0 Å². The first-order chi connectivity index (χ1) is 12.0. The second kappa shape index (κ2) is 5.74. The molecule has 2 aromatic carbocycles. The molecule has 25 heavy (non-hydrogen) atoms. The number of hydrogen-bond donors (Lipinski definition) is 0. The quantitative estimate of drug-likeness (QED) is 0.518. The maximum atomic E-state index is 11.6. The molecule has 124 valence electrons. The molecule has 2 heterocycles. The summed E-state index contributed by atoms with van der Waals surface area (Å²) in [5, 5.41) is 1.83. The van der Waals surface area contributed by atoms with E-state index in [-0.39, 0.29) is 11.3 Å². The number of hydrogen-bond acceptors (Lipinski definition) is 4. The van der Waals surface area contributed by atoms with Crippen molar-refractivity contribution in [3.05, 3.63) is 91.6 Å². The summed E-state index contributed by atoms with van der Waals surface area (Å²) in [7, 11) is 0. The van der Waals surface area contributed by atoms with Gasteiger partial charge >= 0.3 is 11.3 Å². The van der Waals surface area contributed by atoms with Gasteiger partial charge in [0.05, 0.1) is 0 Å². The molecular weight excluding hydrogens is 316 g/mol. The van der Waals surface area contributed by atoms with Crippen molar-refractivity contribution in [1.82, 2.24) is 0 Å². The van der Waals surface area contributed by atoms with Crippen LogP contribution in [0.25, 0.3) is 21.9 Å². The van der Waals surface area contributed by atoms with Crippen LogP contribution in [-0.4, -0.2) is 0 Å². The molecule has 0 fully saturated rings. The Balaban J connectivity index is 1.74. The van der Waals surface area contributed by atoms with Gasteiger partial charge in [-0.2, -0.15) is 0 Å². The van der Waals surface area contributed by atoms with Crippen molar-refractivity contribution in [2.24, 2.45) is 0 Å². The zero-order chi connectivity index (χ0) is 17.6. The van der Waals surface area contributed by atoms with Gasteiger partial charge in [0.1, 0.15) is 11.2 Å². The highest BCUT2D eigenvalue weighted by molar-refractivity contribution is 5.79. The van der Waals surface area contributed by atoms with Crippen molar-refractivity contribution >= 4 is 21.9 Å². The van der Waals surface area contributed by atoms with Crippen LogP contribution in [0, 0.1) is 13.8 Å². The zero-order valence-corrected chi connectivity index (χ0v) is 14.0. The first kappa shape index (κ1) is 15.4. The lowest BCUT2D eigenvalue weighted by Gasteiger charge is -2.06. The summed E-state index contributed by atoms with van der Waals surface area (Å²) in [5.74, 6) is 0. The van der Waals surface area contributed by atoms with Crippen LogP contribution >= 0.6 is 0 Å². The van der Waals surface area contributed by atoms with Gasteiger partial charge in [-0.15, -0.1) is 0 Å². The normalized spacial score (nSPS) is 11.3. The first-order valence-corrected chi connectivity index (χ1v) is 8.06. The van der Waals surface area contributed by atoms with Gasteiger partial charge in [-0.1, -0.05) is 12.1 Å². The Morgan fingerprint density at radius 2 is 1.12 bits per heavy atom. The fourth-order valence-electron chi connectivity index (χ4n) is 3.01. The van der Waals surface area contributed by atoms with Crippen LogP contribution in [0.1, 0.15) is 22.3 Å². The van der Waals surface area contributed by atoms with Gasteiger partial charge in [0.2, 0.25) is 0 Å². The van der Waals surface area contributed by atoms with Crippen LogP contribution in [0.4, 0.5) is 0 Å². The highest BCUT2D eigenvalue weighted by Gasteiger charge is 2.06. The van der Waals surface area contributed by atoms with Crippen LogP contribution in [0.3, 0.4) is 0 Å². The van der Waals surface area contributed by atoms with Gasteiger partial charge in [-0.25, -0.2) is 9.59 Å². The summed E-state index contributed by atoms with van der Waals surface area (Å²) in [6.45, 7) is 3.49. The third-order valence-electron chi connectivity index (χ3n) is 4.35. The Kier molecular flexibility index (Phi) is 3.53. The van der Waals surface area contributed by atoms with Crippen molar-refractivity contribution in [1.29, 1.82) is 0 Å². The lowest BCUT2D eigenvalue weighted by molar-refractivity contribution is 0.555. The molecule has 4 rings (SSSR count). The van der Waals surface area contributed by atoms with Gasteiger partial charge in [0.25, 0.3) is 0 Å². The number of benzene rings is 2. The van der Waals surface area contributed by atoms with Gasteiger partial charge < -0.3 is 8.83 Å². The minimum atomic E-state index is -0.299. The molecule has 2 aromatic heterocycles. The molecule has 0 radical (unpaired) electrons. The summed E-state index contributed by atoms with van der Waals surface area (Å²) in [4.78, 5) is 23.2. The topological polar surface area (TPSA) is 60.4 Å². The SMILES string of the molecule is Cc1cc2cc(Cc3ccc4oc(=O)c(C)cc4c3)ccc2oc1=O. The molecule has 4 heteroatoms. The third-order valence-corrected chi connectivity index (χ3v) is 4.35. The maximum absolute atomic E-state index is 11.6. The van der Waals surface area contributed by atoms with Crippen LogP contribution in [-0.2, 0) is 6.42 Å². The molecule has 0 N–H and O–H groups in total. The summed E-state index contributed by atoms with van der Waals surface area (Å²) >= 11 is 0. The van der Waals surface area contributed by atoms with Crippen LogP contribution < -0.4 is 11.3 Å². The fourth-order valence-corrected chi connectivity index (χ4v) is 3.01. The van der Waals surface area contributed by atoms with E-state index in [4.69, 9.17) is 8.83 Å². The Labute approximate surface area is 143 Å². The predicted octanol–water partition coefficient (Wildman–Crippen LogP) is 4.11.